The van der Waals surface area contributed by atoms with Crippen LogP contribution in [0, 0.1) is 0 Å². The number of fused-ring (bicyclic) bond motifs is 1. The van der Waals surface area contributed by atoms with Gasteiger partial charge in [0.25, 0.3) is 0 Å². The molecule has 3 rings (SSSR count). The SMILES string of the molecule is CCCC1(c2ccc3ccccc3c2)CCCCC1. The Kier molecular flexibility index (Phi) is 3.59. The summed E-state index contributed by atoms with van der Waals surface area (Å²) in [7, 11) is 0. The van der Waals surface area contributed by atoms with Crippen molar-refractivity contribution in [2.45, 2.75) is 57.3 Å². The lowest BCUT2D eigenvalue weighted by Crippen LogP contribution is -2.28. The molecule has 2 aromatic carbocycles. The minimum atomic E-state index is 0.469. The van der Waals surface area contributed by atoms with Gasteiger partial charge in [0.2, 0.25) is 0 Å². The van der Waals surface area contributed by atoms with Crippen LogP contribution in [0.3, 0.4) is 0 Å². The van der Waals surface area contributed by atoms with Crippen LogP contribution >= 0.6 is 0 Å². The first-order valence-electron chi connectivity index (χ1n) is 7.83. The number of hydrogen-bond acceptors (Lipinski definition) is 0. The van der Waals surface area contributed by atoms with E-state index in [1.165, 1.54) is 55.7 Å². The van der Waals surface area contributed by atoms with Crippen molar-refractivity contribution in [3.63, 3.8) is 0 Å². The van der Waals surface area contributed by atoms with Gasteiger partial charge < -0.3 is 0 Å². The zero-order valence-corrected chi connectivity index (χ0v) is 12.0. The fraction of sp³-hybridized carbons (Fsp3) is 0.474. The average molecular weight is 252 g/mol. The zero-order chi connectivity index (χ0) is 13.1. The van der Waals surface area contributed by atoms with Crippen LogP contribution in [0.4, 0.5) is 0 Å². The molecule has 0 aromatic heterocycles. The van der Waals surface area contributed by atoms with Crippen molar-refractivity contribution in [2.24, 2.45) is 0 Å². The molecule has 0 heterocycles. The van der Waals surface area contributed by atoms with Crippen molar-refractivity contribution >= 4 is 10.8 Å². The zero-order valence-electron chi connectivity index (χ0n) is 12.0. The van der Waals surface area contributed by atoms with E-state index < -0.39 is 0 Å². The van der Waals surface area contributed by atoms with Gasteiger partial charge in [-0.15, -0.1) is 0 Å². The van der Waals surface area contributed by atoms with Crippen LogP contribution in [0.5, 0.6) is 0 Å². The largest absolute Gasteiger partial charge is 0.0654 e. The first kappa shape index (κ1) is 12.7. The number of rotatable bonds is 3. The van der Waals surface area contributed by atoms with Gasteiger partial charge >= 0.3 is 0 Å². The van der Waals surface area contributed by atoms with Gasteiger partial charge in [-0.1, -0.05) is 75.1 Å². The van der Waals surface area contributed by atoms with Crippen LogP contribution in [0.2, 0.25) is 0 Å². The molecule has 0 saturated heterocycles. The first-order valence-corrected chi connectivity index (χ1v) is 7.83. The van der Waals surface area contributed by atoms with E-state index in [1.807, 2.05) is 0 Å². The summed E-state index contributed by atoms with van der Waals surface area (Å²) in [5.41, 5.74) is 2.06. The summed E-state index contributed by atoms with van der Waals surface area (Å²) in [6.45, 7) is 2.33. The van der Waals surface area contributed by atoms with Crippen LogP contribution in [0.25, 0.3) is 10.8 Å². The lowest BCUT2D eigenvalue weighted by atomic mass is 9.67. The van der Waals surface area contributed by atoms with Crippen LogP contribution in [-0.4, -0.2) is 0 Å². The fourth-order valence-corrected chi connectivity index (χ4v) is 3.91. The highest BCUT2D eigenvalue weighted by Crippen LogP contribution is 2.43. The standard InChI is InChI=1S/C19H24/c1-2-12-19(13-6-3-7-14-19)18-11-10-16-8-4-5-9-17(16)15-18/h4-5,8-11,15H,2-3,6-7,12-14H2,1H3. The molecule has 0 spiro atoms. The summed E-state index contributed by atoms with van der Waals surface area (Å²) in [4.78, 5) is 0. The van der Waals surface area contributed by atoms with Gasteiger partial charge in [0.1, 0.15) is 0 Å². The predicted molar refractivity (Wildman–Crippen MR) is 83.6 cm³/mol. The van der Waals surface area contributed by atoms with Crippen molar-refractivity contribution in [1.29, 1.82) is 0 Å². The Morgan fingerprint density at radius 1 is 0.895 bits per heavy atom. The summed E-state index contributed by atoms with van der Waals surface area (Å²) in [6.07, 6.45) is 9.68. The Balaban J connectivity index is 2.04. The maximum absolute atomic E-state index is 2.45. The van der Waals surface area contributed by atoms with Gasteiger partial charge in [0.05, 0.1) is 0 Å². The molecule has 0 amide bonds. The second-order valence-electron chi connectivity index (χ2n) is 6.15. The topological polar surface area (TPSA) is 0 Å². The molecule has 0 N–H and O–H groups in total. The monoisotopic (exact) mass is 252 g/mol. The number of hydrogen-bond donors (Lipinski definition) is 0. The molecule has 1 aliphatic rings. The molecular weight excluding hydrogens is 228 g/mol. The third-order valence-corrected chi connectivity index (χ3v) is 4.90. The molecule has 0 unspecified atom stereocenters. The van der Waals surface area contributed by atoms with Gasteiger partial charge in [-0.05, 0) is 41.0 Å². The van der Waals surface area contributed by atoms with Gasteiger partial charge in [-0.3, -0.25) is 0 Å². The first-order chi connectivity index (χ1) is 9.34. The van der Waals surface area contributed by atoms with E-state index in [4.69, 9.17) is 0 Å². The molecule has 100 valence electrons. The van der Waals surface area contributed by atoms with Crippen LogP contribution in [0.15, 0.2) is 42.5 Å². The van der Waals surface area contributed by atoms with Crippen molar-refractivity contribution in [3.05, 3.63) is 48.0 Å². The highest BCUT2D eigenvalue weighted by atomic mass is 14.4. The van der Waals surface area contributed by atoms with Crippen molar-refractivity contribution < 1.29 is 0 Å². The molecule has 0 aliphatic heterocycles. The van der Waals surface area contributed by atoms with Gasteiger partial charge in [0, 0.05) is 0 Å². The third-order valence-electron chi connectivity index (χ3n) is 4.90. The predicted octanol–water partition coefficient (Wildman–Crippen LogP) is 5.84. The van der Waals surface area contributed by atoms with E-state index in [9.17, 15) is 0 Å². The van der Waals surface area contributed by atoms with Crippen LogP contribution < -0.4 is 0 Å². The Morgan fingerprint density at radius 3 is 2.37 bits per heavy atom. The van der Waals surface area contributed by atoms with E-state index in [0.717, 1.165) is 0 Å². The van der Waals surface area contributed by atoms with E-state index in [-0.39, 0.29) is 0 Å². The van der Waals surface area contributed by atoms with Crippen LogP contribution in [-0.2, 0) is 5.41 Å². The summed E-state index contributed by atoms with van der Waals surface area (Å²) in [5, 5.41) is 2.77. The molecule has 0 nitrogen and oxygen atoms in total. The Bertz CT molecular complexity index is 541. The van der Waals surface area contributed by atoms with Crippen molar-refractivity contribution in [3.8, 4) is 0 Å². The molecule has 19 heavy (non-hydrogen) atoms. The quantitative estimate of drug-likeness (QED) is 0.643. The molecule has 0 heteroatoms. The van der Waals surface area contributed by atoms with E-state index >= 15 is 0 Å². The summed E-state index contributed by atoms with van der Waals surface area (Å²) in [5.74, 6) is 0. The lowest BCUT2D eigenvalue weighted by molar-refractivity contribution is 0.272. The Labute approximate surface area is 116 Å². The maximum Gasteiger partial charge on any atom is -0.00468 e. The highest BCUT2D eigenvalue weighted by Gasteiger charge is 2.32. The summed E-state index contributed by atoms with van der Waals surface area (Å²) in [6, 6.07) is 15.9. The van der Waals surface area contributed by atoms with Crippen LogP contribution in [0.1, 0.15) is 57.4 Å². The second-order valence-corrected chi connectivity index (χ2v) is 6.15. The average Bonchev–Trinajstić information content (AvgIpc) is 2.48. The molecule has 2 aromatic rings. The third kappa shape index (κ3) is 2.41. The normalized spacial score (nSPS) is 18.6. The highest BCUT2D eigenvalue weighted by molar-refractivity contribution is 5.83. The molecule has 1 fully saturated rings. The molecule has 0 atom stereocenters. The minimum Gasteiger partial charge on any atom is -0.0654 e. The molecule has 0 bridgehead atoms. The maximum atomic E-state index is 2.45. The van der Waals surface area contributed by atoms with E-state index in [1.54, 1.807) is 5.56 Å². The fourth-order valence-electron chi connectivity index (χ4n) is 3.91. The molecule has 1 aliphatic carbocycles. The molecular formula is C19H24. The number of benzene rings is 2. The lowest BCUT2D eigenvalue weighted by Gasteiger charge is -2.38. The van der Waals surface area contributed by atoms with Gasteiger partial charge in [-0.25, -0.2) is 0 Å². The molecule has 0 radical (unpaired) electrons. The van der Waals surface area contributed by atoms with E-state index in [2.05, 4.69) is 49.4 Å². The van der Waals surface area contributed by atoms with Crippen molar-refractivity contribution in [2.75, 3.05) is 0 Å². The second kappa shape index (κ2) is 5.36. The minimum absolute atomic E-state index is 0.469. The van der Waals surface area contributed by atoms with Gasteiger partial charge in [0.15, 0.2) is 0 Å². The molecule has 1 saturated carbocycles. The van der Waals surface area contributed by atoms with Gasteiger partial charge in [-0.2, -0.15) is 0 Å². The smallest absolute Gasteiger partial charge is 0.00468 e. The van der Waals surface area contributed by atoms with E-state index in [0.29, 0.717) is 5.41 Å². The summed E-state index contributed by atoms with van der Waals surface area (Å²) >= 11 is 0. The summed E-state index contributed by atoms with van der Waals surface area (Å²) < 4.78 is 0. The van der Waals surface area contributed by atoms with Crippen molar-refractivity contribution in [1.82, 2.24) is 0 Å². The Hall–Kier alpha value is -1.30. The Morgan fingerprint density at radius 2 is 1.63 bits per heavy atom.